The van der Waals surface area contributed by atoms with E-state index in [4.69, 9.17) is 15.6 Å². The number of carbonyl (C=O) groups is 2. The number of carboxylic acids is 1. The normalized spacial score (nSPS) is 24.1. The highest BCUT2D eigenvalue weighted by atomic mass is 35.5. The zero-order chi connectivity index (χ0) is 12.6. The molecule has 0 aliphatic carbocycles. The monoisotopic (exact) mass is 266 g/mol. The number of rotatable bonds is 1. The zero-order valence-corrected chi connectivity index (χ0v) is 11.0. The maximum atomic E-state index is 11.6. The molecule has 1 amide bonds. The van der Waals surface area contributed by atoms with Gasteiger partial charge in [-0.1, -0.05) is 0 Å². The molecule has 100 valence electrons. The van der Waals surface area contributed by atoms with Crippen LogP contribution in [0, 0.1) is 0 Å². The molecule has 6 nitrogen and oxygen atoms in total. The van der Waals surface area contributed by atoms with Crippen LogP contribution in [0.2, 0.25) is 0 Å². The number of halogens is 1. The lowest BCUT2D eigenvalue weighted by Crippen LogP contribution is -2.51. The van der Waals surface area contributed by atoms with E-state index < -0.39 is 23.2 Å². The number of hydrogen-bond donors (Lipinski definition) is 2. The van der Waals surface area contributed by atoms with E-state index in [0.29, 0.717) is 6.54 Å². The molecule has 1 fully saturated rings. The Balaban J connectivity index is 0.00000256. The Morgan fingerprint density at radius 1 is 1.41 bits per heavy atom. The first-order valence-corrected chi connectivity index (χ1v) is 5.14. The lowest BCUT2D eigenvalue weighted by atomic mass is 10.0. The summed E-state index contributed by atoms with van der Waals surface area (Å²) in [5, 5.41) is 8.90. The molecule has 1 unspecified atom stereocenters. The van der Waals surface area contributed by atoms with Crippen molar-refractivity contribution in [1.29, 1.82) is 0 Å². The Morgan fingerprint density at radius 2 is 1.94 bits per heavy atom. The number of aliphatic carboxylic acids is 1. The van der Waals surface area contributed by atoms with Crippen molar-refractivity contribution < 1.29 is 19.4 Å². The fraction of sp³-hybridized carbons (Fsp3) is 0.800. The highest BCUT2D eigenvalue weighted by Crippen LogP contribution is 2.21. The van der Waals surface area contributed by atoms with Crippen molar-refractivity contribution in [3.8, 4) is 0 Å². The number of ether oxygens (including phenoxy) is 1. The van der Waals surface area contributed by atoms with Crippen molar-refractivity contribution in [3.63, 3.8) is 0 Å². The summed E-state index contributed by atoms with van der Waals surface area (Å²) in [5.74, 6) is -1.08. The average Bonchev–Trinajstić information content (AvgIpc) is 2.46. The molecule has 1 saturated heterocycles. The molecule has 1 atom stereocenters. The number of likely N-dealkylation sites (tertiary alicyclic amines) is 1. The molecular formula is C10H19ClN2O4. The van der Waals surface area contributed by atoms with Gasteiger partial charge in [0.25, 0.3) is 0 Å². The van der Waals surface area contributed by atoms with E-state index >= 15 is 0 Å². The molecule has 0 spiro atoms. The van der Waals surface area contributed by atoms with Crippen molar-refractivity contribution in [3.05, 3.63) is 0 Å². The Morgan fingerprint density at radius 3 is 2.29 bits per heavy atom. The van der Waals surface area contributed by atoms with Crippen molar-refractivity contribution in [2.45, 2.75) is 38.3 Å². The number of carbonyl (C=O) groups excluding carboxylic acids is 1. The molecule has 3 N–H and O–H groups in total. The van der Waals surface area contributed by atoms with E-state index in [1.165, 1.54) is 4.90 Å². The van der Waals surface area contributed by atoms with Gasteiger partial charge in [-0.05, 0) is 27.2 Å². The van der Waals surface area contributed by atoms with Gasteiger partial charge in [-0.3, -0.25) is 4.79 Å². The largest absolute Gasteiger partial charge is 0.480 e. The molecule has 0 aromatic rings. The number of amides is 1. The van der Waals surface area contributed by atoms with E-state index in [1.54, 1.807) is 20.8 Å². The number of carboxylic acid groups (broad SMARTS) is 1. The molecule has 0 saturated carbocycles. The molecule has 1 aliphatic heterocycles. The van der Waals surface area contributed by atoms with Crippen LogP contribution in [0.3, 0.4) is 0 Å². The second kappa shape index (κ2) is 5.10. The Bertz CT molecular complexity index is 316. The predicted molar refractivity (Wildman–Crippen MR) is 64.2 cm³/mol. The molecule has 17 heavy (non-hydrogen) atoms. The van der Waals surface area contributed by atoms with Crippen LogP contribution in [0.15, 0.2) is 0 Å². The lowest BCUT2D eigenvalue weighted by Gasteiger charge is -2.25. The van der Waals surface area contributed by atoms with E-state index in [0.717, 1.165) is 0 Å². The van der Waals surface area contributed by atoms with Gasteiger partial charge in [-0.2, -0.15) is 0 Å². The fourth-order valence-corrected chi connectivity index (χ4v) is 1.49. The third-order valence-electron chi connectivity index (χ3n) is 2.38. The topological polar surface area (TPSA) is 92.9 Å². The van der Waals surface area contributed by atoms with Gasteiger partial charge in [-0.25, -0.2) is 4.79 Å². The first-order valence-electron chi connectivity index (χ1n) is 5.14. The summed E-state index contributed by atoms with van der Waals surface area (Å²) >= 11 is 0. The quantitative estimate of drug-likeness (QED) is 0.733. The number of hydrogen-bond acceptors (Lipinski definition) is 4. The van der Waals surface area contributed by atoms with E-state index in [9.17, 15) is 9.59 Å². The number of nitrogens with two attached hydrogens (primary N) is 1. The van der Waals surface area contributed by atoms with E-state index in [-0.39, 0.29) is 25.4 Å². The Kier molecular flexibility index (Phi) is 4.79. The van der Waals surface area contributed by atoms with E-state index in [2.05, 4.69) is 0 Å². The third-order valence-corrected chi connectivity index (χ3v) is 2.38. The maximum absolute atomic E-state index is 11.6. The molecule has 0 radical (unpaired) electrons. The van der Waals surface area contributed by atoms with Crippen LogP contribution in [0.5, 0.6) is 0 Å². The summed E-state index contributed by atoms with van der Waals surface area (Å²) in [5.41, 5.74) is 3.73. The molecule has 0 aromatic carbocycles. The minimum absolute atomic E-state index is 0. The van der Waals surface area contributed by atoms with Crippen LogP contribution >= 0.6 is 12.4 Å². The summed E-state index contributed by atoms with van der Waals surface area (Å²) in [6.07, 6.45) is -0.261. The standard InChI is InChI=1S/C10H18N2O4.ClH/c1-9(2,3)16-8(15)12-5-4-10(11,6-12)7(13)14;/h4-6,11H2,1-3H3,(H,13,14);1H. The van der Waals surface area contributed by atoms with Crippen molar-refractivity contribution in [1.82, 2.24) is 4.90 Å². The number of nitrogens with zero attached hydrogens (tertiary/aromatic N) is 1. The molecule has 0 bridgehead atoms. The van der Waals surface area contributed by atoms with Gasteiger partial charge in [0, 0.05) is 6.54 Å². The first kappa shape index (κ1) is 16.0. The molecule has 1 rings (SSSR count). The van der Waals surface area contributed by atoms with Crippen LogP contribution in [-0.2, 0) is 9.53 Å². The van der Waals surface area contributed by atoms with Gasteiger partial charge in [-0.15, -0.1) is 12.4 Å². The van der Waals surface area contributed by atoms with Crippen LogP contribution in [0.25, 0.3) is 0 Å². The third kappa shape index (κ3) is 4.05. The second-order valence-electron chi connectivity index (χ2n) is 5.11. The van der Waals surface area contributed by atoms with Crippen LogP contribution in [0.4, 0.5) is 4.79 Å². The molecule has 0 aromatic heterocycles. The zero-order valence-electron chi connectivity index (χ0n) is 10.2. The minimum Gasteiger partial charge on any atom is -0.480 e. The second-order valence-corrected chi connectivity index (χ2v) is 5.11. The summed E-state index contributed by atoms with van der Waals surface area (Å²) in [7, 11) is 0. The van der Waals surface area contributed by atoms with Gasteiger partial charge in [0.05, 0.1) is 6.54 Å². The molecule has 7 heteroatoms. The summed E-state index contributed by atoms with van der Waals surface area (Å²) in [4.78, 5) is 23.8. The van der Waals surface area contributed by atoms with Crippen LogP contribution in [-0.4, -0.2) is 46.3 Å². The van der Waals surface area contributed by atoms with Crippen molar-refractivity contribution >= 4 is 24.5 Å². The predicted octanol–water partition coefficient (Wildman–Crippen LogP) is 0.831. The smallest absolute Gasteiger partial charge is 0.410 e. The summed E-state index contributed by atoms with van der Waals surface area (Å²) in [6, 6.07) is 0. The van der Waals surface area contributed by atoms with Crippen molar-refractivity contribution in [2.24, 2.45) is 5.73 Å². The van der Waals surface area contributed by atoms with Crippen LogP contribution < -0.4 is 5.73 Å². The summed E-state index contributed by atoms with van der Waals surface area (Å²) < 4.78 is 5.13. The van der Waals surface area contributed by atoms with Crippen molar-refractivity contribution in [2.75, 3.05) is 13.1 Å². The Labute approximate surface area is 107 Å². The Hall–Kier alpha value is -1.01. The molecule has 1 heterocycles. The minimum atomic E-state index is -1.34. The first-order chi connectivity index (χ1) is 7.14. The van der Waals surface area contributed by atoms with Gasteiger partial charge in [0.15, 0.2) is 0 Å². The van der Waals surface area contributed by atoms with Gasteiger partial charge >= 0.3 is 12.1 Å². The fourth-order valence-electron chi connectivity index (χ4n) is 1.49. The summed E-state index contributed by atoms with van der Waals surface area (Å²) in [6.45, 7) is 5.59. The maximum Gasteiger partial charge on any atom is 0.410 e. The molecular weight excluding hydrogens is 248 g/mol. The molecule has 1 aliphatic rings. The SMILES string of the molecule is CC(C)(C)OC(=O)N1CCC(N)(C(=O)O)C1.Cl. The lowest BCUT2D eigenvalue weighted by molar-refractivity contribution is -0.142. The van der Waals surface area contributed by atoms with E-state index in [1.807, 2.05) is 0 Å². The van der Waals surface area contributed by atoms with Gasteiger partial charge in [0.2, 0.25) is 0 Å². The average molecular weight is 267 g/mol. The van der Waals surface area contributed by atoms with Gasteiger partial charge < -0.3 is 20.5 Å². The highest BCUT2D eigenvalue weighted by molar-refractivity contribution is 5.85. The van der Waals surface area contributed by atoms with Gasteiger partial charge in [0.1, 0.15) is 11.1 Å². The van der Waals surface area contributed by atoms with Crippen LogP contribution in [0.1, 0.15) is 27.2 Å². The highest BCUT2D eigenvalue weighted by Gasteiger charge is 2.43.